The Hall–Kier alpha value is -2.11. The van der Waals surface area contributed by atoms with Crippen LogP contribution in [0, 0.1) is 0 Å². The van der Waals surface area contributed by atoms with Gasteiger partial charge in [-0.05, 0) is 18.9 Å². The molecule has 0 spiro atoms. The molecule has 6 nitrogen and oxygen atoms in total. The van der Waals surface area contributed by atoms with Crippen LogP contribution in [0.4, 0.5) is 0 Å². The molecule has 20 heavy (non-hydrogen) atoms. The number of hydrogen-bond donors (Lipinski definition) is 1. The smallest absolute Gasteiger partial charge is 0.271 e. The van der Waals surface area contributed by atoms with Crippen LogP contribution in [0.1, 0.15) is 42.1 Å². The van der Waals surface area contributed by atoms with E-state index in [4.69, 9.17) is 0 Å². The highest BCUT2D eigenvalue weighted by Gasteiger charge is 2.26. The summed E-state index contributed by atoms with van der Waals surface area (Å²) in [5, 5.41) is 6.59. The number of aryl methyl sites for hydroxylation is 1. The molecule has 1 amide bonds. The summed E-state index contributed by atoms with van der Waals surface area (Å²) < 4.78 is 2.21. The third-order valence-corrected chi connectivity index (χ3v) is 3.87. The Balaban J connectivity index is 1.75. The number of nitrogens with one attached hydrogen (secondary N) is 1. The van der Waals surface area contributed by atoms with Gasteiger partial charge in [0.25, 0.3) is 5.91 Å². The minimum Gasteiger partial charge on any atom is -0.335 e. The summed E-state index contributed by atoms with van der Waals surface area (Å²) in [5.41, 5.74) is 0.562. The maximum atomic E-state index is 12.4. The zero-order valence-corrected chi connectivity index (χ0v) is 11.6. The van der Waals surface area contributed by atoms with Crippen LogP contribution in [-0.2, 0) is 6.42 Å². The maximum absolute atomic E-state index is 12.4. The van der Waals surface area contributed by atoms with Crippen LogP contribution in [0.3, 0.4) is 0 Å². The van der Waals surface area contributed by atoms with E-state index in [0.29, 0.717) is 11.7 Å². The number of likely N-dealkylation sites (tertiary alicyclic amines) is 1. The Labute approximate surface area is 117 Å². The van der Waals surface area contributed by atoms with Gasteiger partial charge < -0.3 is 9.47 Å². The average molecular weight is 273 g/mol. The first-order valence-corrected chi connectivity index (χ1v) is 7.10. The molecule has 1 atom stereocenters. The molecule has 0 aromatic carbocycles. The number of amides is 1. The van der Waals surface area contributed by atoms with Crippen molar-refractivity contribution in [2.75, 3.05) is 13.1 Å². The molecular formula is C14H19N5O. The SMILES string of the molecule is CCc1nccn1C1CCCN(C(=O)c2ccn[nH]2)C1. The highest BCUT2D eigenvalue weighted by atomic mass is 16.2. The molecule has 1 unspecified atom stereocenters. The lowest BCUT2D eigenvalue weighted by molar-refractivity contribution is 0.0672. The largest absolute Gasteiger partial charge is 0.335 e. The van der Waals surface area contributed by atoms with Gasteiger partial charge >= 0.3 is 0 Å². The lowest BCUT2D eigenvalue weighted by Gasteiger charge is -2.33. The Kier molecular flexibility index (Phi) is 3.54. The van der Waals surface area contributed by atoms with E-state index in [0.717, 1.165) is 38.2 Å². The summed E-state index contributed by atoms with van der Waals surface area (Å²) in [6.07, 6.45) is 8.50. The summed E-state index contributed by atoms with van der Waals surface area (Å²) in [6.45, 7) is 3.65. The van der Waals surface area contributed by atoms with Crippen molar-refractivity contribution < 1.29 is 4.79 Å². The Bertz CT molecular complexity index is 574. The van der Waals surface area contributed by atoms with Gasteiger partial charge in [-0.3, -0.25) is 9.89 Å². The van der Waals surface area contributed by atoms with Crippen molar-refractivity contribution >= 4 is 5.91 Å². The second-order valence-electron chi connectivity index (χ2n) is 5.12. The molecule has 1 saturated heterocycles. The van der Waals surface area contributed by atoms with Crippen molar-refractivity contribution in [3.8, 4) is 0 Å². The van der Waals surface area contributed by atoms with E-state index in [-0.39, 0.29) is 5.91 Å². The highest BCUT2D eigenvalue weighted by Crippen LogP contribution is 2.23. The Morgan fingerprint density at radius 3 is 3.15 bits per heavy atom. The number of rotatable bonds is 3. The third-order valence-electron chi connectivity index (χ3n) is 3.87. The fraction of sp³-hybridized carbons (Fsp3) is 0.500. The normalized spacial score (nSPS) is 19.2. The number of carbonyl (C=O) groups is 1. The van der Waals surface area contributed by atoms with E-state index in [2.05, 4.69) is 26.7 Å². The molecule has 1 fully saturated rings. The molecule has 6 heteroatoms. The first kappa shape index (κ1) is 12.9. The van der Waals surface area contributed by atoms with Crippen molar-refractivity contribution in [3.05, 3.63) is 36.2 Å². The lowest BCUT2D eigenvalue weighted by atomic mass is 10.0. The summed E-state index contributed by atoms with van der Waals surface area (Å²) in [6, 6.07) is 2.05. The first-order valence-electron chi connectivity index (χ1n) is 7.10. The fourth-order valence-corrected chi connectivity index (χ4v) is 2.86. The van der Waals surface area contributed by atoms with Crippen molar-refractivity contribution in [2.24, 2.45) is 0 Å². The zero-order valence-electron chi connectivity index (χ0n) is 11.6. The van der Waals surface area contributed by atoms with E-state index in [1.165, 1.54) is 0 Å². The zero-order chi connectivity index (χ0) is 13.9. The van der Waals surface area contributed by atoms with E-state index in [1.807, 2.05) is 17.3 Å². The second kappa shape index (κ2) is 5.48. The molecule has 3 heterocycles. The number of aromatic nitrogens is 4. The quantitative estimate of drug-likeness (QED) is 0.924. The Morgan fingerprint density at radius 2 is 2.40 bits per heavy atom. The number of aromatic amines is 1. The van der Waals surface area contributed by atoms with Gasteiger partial charge in [0.05, 0.1) is 6.04 Å². The van der Waals surface area contributed by atoms with Gasteiger partial charge in [-0.1, -0.05) is 6.92 Å². The average Bonchev–Trinajstić information content (AvgIpc) is 3.17. The summed E-state index contributed by atoms with van der Waals surface area (Å²) in [4.78, 5) is 18.6. The van der Waals surface area contributed by atoms with Gasteiger partial charge in [0.2, 0.25) is 0 Å². The molecule has 2 aromatic heterocycles. The van der Waals surface area contributed by atoms with Crippen LogP contribution in [0.15, 0.2) is 24.7 Å². The molecule has 3 rings (SSSR count). The highest BCUT2D eigenvalue weighted by molar-refractivity contribution is 5.92. The van der Waals surface area contributed by atoms with Crippen molar-refractivity contribution in [1.29, 1.82) is 0 Å². The van der Waals surface area contributed by atoms with Crippen LogP contribution in [0.25, 0.3) is 0 Å². The molecule has 1 N–H and O–H groups in total. The summed E-state index contributed by atoms with van der Waals surface area (Å²) >= 11 is 0. The van der Waals surface area contributed by atoms with Crippen molar-refractivity contribution in [3.63, 3.8) is 0 Å². The minimum atomic E-state index is 0.0327. The van der Waals surface area contributed by atoms with Crippen LogP contribution in [-0.4, -0.2) is 43.6 Å². The van der Waals surface area contributed by atoms with Crippen molar-refractivity contribution in [2.45, 2.75) is 32.2 Å². The van der Waals surface area contributed by atoms with E-state index < -0.39 is 0 Å². The first-order chi connectivity index (χ1) is 9.79. The van der Waals surface area contributed by atoms with Crippen LogP contribution in [0.5, 0.6) is 0 Å². The predicted octanol–water partition coefficient (Wildman–Crippen LogP) is 1.65. The van der Waals surface area contributed by atoms with Gasteiger partial charge in [0.15, 0.2) is 0 Å². The van der Waals surface area contributed by atoms with Crippen LogP contribution < -0.4 is 0 Å². The fourth-order valence-electron chi connectivity index (χ4n) is 2.86. The molecule has 1 aliphatic heterocycles. The molecule has 2 aromatic rings. The summed E-state index contributed by atoms with van der Waals surface area (Å²) in [5.74, 6) is 1.12. The summed E-state index contributed by atoms with van der Waals surface area (Å²) in [7, 11) is 0. The second-order valence-corrected chi connectivity index (χ2v) is 5.12. The lowest BCUT2D eigenvalue weighted by Crippen LogP contribution is -2.41. The van der Waals surface area contributed by atoms with Crippen molar-refractivity contribution in [1.82, 2.24) is 24.6 Å². The van der Waals surface area contributed by atoms with Gasteiger partial charge in [0, 0.05) is 38.1 Å². The number of carbonyl (C=O) groups excluding carboxylic acids is 1. The van der Waals surface area contributed by atoms with Gasteiger partial charge in [-0.15, -0.1) is 0 Å². The standard InChI is InChI=1S/C14H19N5O/c1-2-13-15-7-9-19(13)11-4-3-8-18(10-11)14(20)12-5-6-16-17-12/h5-7,9,11H,2-4,8,10H2,1H3,(H,16,17). The number of hydrogen-bond acceptors (Lipinski definition) is 3. The molecule has 1 aliphatic rings. The minimum absolute atomic E-state index is 0.0327. The van der Waals surface area contributed by atoms with Crippen LogP contribution in [0.2, 0.25) is 0 Å². The molecule has 106 valence electrons. The van der Waals surface area contributed by atoms with Gasteiger partial charge in [-0.2, -0.15) is 5.10 Å². The number of H-pyrrole nitrogens is 1. The molecular weight excluding hydrogens is 254 g/mol. The number of nitrogens with zero attached hydrogens (tertiary/aromatic N) is 4. The number of imidazole rings is 1. The van der Waals surface area contributed by atoms with E-state index >= 15 is 0 Å². The molecule has 0 bridgehead atoms. The third kappa shape index (κ3) is 2.33. The molecule has 0 aliphatic carbocycles. The molecule has 0 radical (unpaired) electrons. The van der Waals surface area contributed by atoms with Crippen LogP contribution >= 0.6 is 0 Å². The van der Waals surface area contributed by atoms with Gasteiger partial charge in [-0.25, -0.2) is 4.98 Å². The van der Waals surface area contributed by atoms with E-state index in [9.17, 15) is 4.79 Å². The number of piperidine rings is 1. The molecule has 0 saturated carbocycles. The van der Waals surface area contributed by atoms with E-state index in [1.54, 1.807) is 12.3 Å². The predicted molar refractivity (Wildman–Crippen MR) is 74.4 cm³/mol. The Morgan fingerprint density at radius 1 is 1.50 bits per heavy atom. The van der Waals surface area contributed by atoms with Gasteiger partial charge in [0.1, 0.15) is 11.5 Å². The maximum Gasteiger partial charge on any atom is 0.271 e. The topological polar surface area (TPSA) is 66.8 Å². The monoisotopic (exact) mass is 273 g/mol.